The molecule has 1 aliphatic carbocycles. The molecule has 0 aliphatic heterocycles. The van der Waals surface area contributed by atoms with Crippen molar-refractivity contribution >= 4 is 15.7 Å². The maximum Gasteiger partial charge on any atom is 0.218 e. The van der Waals surface area contributed by atoms with Crippen LogP contribution in [-0.4, -0.2) is 25.3 Å². The first kappa shape index (κ1) is 15.1. The fourth-order valence-electron chi connectivity index (χ4n) is 2.72. The van der Waals surface area contributed by atoms with Crippen LogP contribution in [0, 0.1) is 0 Å². The van der Waals surface area contributed by atoms with Crippen molar-refractivity contribution in [3.8, 4) is 0 Å². The topological polar surface area (TPSA) is 63.4 Å². The third-order valence-corrected chi connectivity index (χ3v) is 5.59. The van der Waals surface area contributed by atoms with Gasteiger partial charge in [0, 0.05) is 18.3 Å². The van der Waals surface area contributed by atoms with Crippen LogP contribution in [0.4, 0.5) is 5.69 Å². The molecule has 110 valence electrons. The van der Waals surface area contributed by atoms with Crippen LogP contribution in [-0.2, 0) is 15.8 Å². The van der Waals surface area contributed by atoms with E-state index in [2.05, 4.69) is 6.58 Å². The van der Waals surface area contributed by atoms with E-state index < -0.39 is 10.0 Å². The number of nitrogens with two attached hydrogens (primary N) is 1. The Bertz CT molecular complexity index is 546. The Morgan fingerprint density at radius 2 is 1.85 bits per heavy atom. The number of sulfonamides is 1. The Balaban J connectivity index is 2.16. The van der Waals surface area contributed by atoms with Gasteiger partial charge in [-0.25, -0.2) is 8.42 Å². The summed E-state index contributed by atoms with van der Waals surface area (Å²) in [6, 6.07) is 7.14. The van der Waals surface area contributed by atoms with E-state index in [0.717, 1.165) is 31.2 Å². The molecule has 1 aromatic carbocycles. The lowest BCUT2D eigenvalue weighted by Crippen LogP contribution is -2.39. The van der Waals surface area contributed by atoms with Crippen LogP contribution in [0.5, 0.6) is 0 Å². The number of nitrogens with zero attached hydrogens (tertiary/aromatic N) is 1. The normalized spacial score (nSPS) is 16.6. The average molecular weight is 294 g/mol. The molecular formula is C15H22N2O2S. The van der Waals surface area contributed by atoms with Gasteiger partial charge in [-0.05, 0) is 30.5 Å². The van der Waals surface area contributed by atoms with Crippen LogP contribution in [0.1, 0.15) is 31.2 Å². The molecule has 0 unspecified atom stereocenters. The minimum atomic E-state index is -3.31. The predicted molar refractivity (Wildman–Crippen MR) is 82.6 cm³/mol. The highest BCUT2D eigenvalue weighted by Crippen LogP contribution is 2.27. The Morgan fingerprint density at radius 1 is 1.25 bits per heavy atom. The van der Waals surface area contributed by atoms with Crippen molar-refractivity contribution in [3.05, 3.63) is 42.5 Å². The summed E-state index contributed by atoms with van der Waals surface area (Å²) in [6.07, 6.45) is 5.79. The van der Waals surface area contributed by atoms with Crippen molar-refractivity contribution in [1.82, 2.24) is 4.31 Å². The van der Waals surface area contributed by atoms with Gasteiger partial charge >= 0.3 is 0 Å². The molecule has 0 radical (unpaired) electrons. The highest BCUT2D eigenvalue weighted by molar-refractivity contribution is 7.88. The molecule has 1 saturated carbocycles. The second-order valence-electron chi connectivity index (χ2n) is 5.29. The largest absolute Gasteiger partial charge is 0.399 e. The van der Waals surface area contributed by atoms with E-state index in [4.69, 9.17) is 5.73 Å². The van der Waals surface area contributed by atoms with Gasteiger partial charge in [-0.2, -0.15) is 4.31 Å². The molecule has 0 amide bonds. The van der Waals surface area contributed by atoms with E-state index in [1.54, 1.807) is 34.6 Å². The SMILES string of the molecule is C=CCN(C1CCCC1)S(=O)(=O)Cc1ccc(N)cc1. The van der Waals surface area contributed by atoms with Crippen LogP contribution in [0.25, 0.3) is 0 Å². The van der Waals surface area contributed by atoms with Gasteiger partial charge in [0.25, 0.3) is 0 Å². The Labute approximate surface area is 121 Å². The quantitative estimate of drug-likeness (QED) is 0.648. The molecule has 5 heteroatoms. The van der Waals surface area contributed by atoms with Gasteiger partial charge in [-0.15, -0.1) is 6.58 Å². The second-order valence-corrected chi connectivity index (χ2v) is 7.22. The first-order chi connectivity index (χ1) is 9.53. The van der Waals surface area contributed by atoms with Gasteiger partial charge in [-0.3, -0.25) is 0 Å². The molecule has 0 saturated heterocycles. The molecule has 0 bridgehead atoms. The number of hydrogen-bond acceptors (Lipinski definition) is 3. The zero-order valence-electron chi connectivity index (χ0n) is 11.7. The molecule has 0 aromatic heterocycles. The zero-order valence-corrected chi connectivity index (χ0v) is 12.5. The second kappa shape index (κ2) is 6.41. The van der Waals surface area contributed by atoms with Gasteiger partial charge < -0.3 is 5.73 Å². The first-order valence-electron chi connectivity index (χ1n) is 6.98. The number of benzene rings is 1. The molecule has 1 aliphatic rings. The van der Waals surface area contributed by atoms with Crippen molar-refractivity contribution in [2.24, 2.45) is 0 Å². The van der Waals surface area contributed by atoms with Crippen LogP contribution in [0.3, 0.4) is 0 Å². The van der Waals surface area contributed by atoms with Gasteiger partial charge in [-0.1, -0.05) is 31.1 Å². The fourth-order valence-corrected chi connectivity index (χ4v) is 4.49. The van der Waals surface area contributed by atoms with E-state index in [9.17, 15) is 8.42 Å². The lowest BCUT2D eigenvalue weighted by molar-refractivity contribution is 0.347. The molecule has 1 aromatic rings. The smallest absolute Gasteiger partial charge is 0.218 e. The summed E-state index contributed by atoms with van der Waals surface area (Å²) in [5, 5.41) is 0. The van der Waals surface area contributed by atoms with Gasteiger partial charge in [0.05, 0.1) is 5.75 Å². The van der Waals surface area contributed by atoms with Crippen LogP contribution >= 0.6 is 0 Å². The summed E-state index contributed by atoms with van der Waals surface area (Å²) < 4.78 is 26.8. The predicted octanol–water partition coefficient (Wildman–Crippen LogP) is 2.53. The number of anilines is 1. The van der Waals surface area contributed by atoms with E-state index in [1.807, 2.05) is 0 Å². The van der Waals surface area contributed by atoms with Crippen LogP contribution < -0.4 is 5.73 Å². The zero-order chi connectivity index (χ0) is 14.6. The van der Waals surface area contributed by atoms with Crippen LogP contribution in [0.15, 0.2) is 36.9 Å². The maximum atomic E-state index is 12.6. The van der Waals surface area contributed by atoms with Gasteiger partial charge in [0.15, 0.2) is 0 Å². The van der Waals surface area contributed by atoms with Crippen molar-refractivity contribution in [1.29, 1.82) is 0 Å². The number of nitrogen functional groups attached to an aromatic ring is 1. The summed E-state index contributed by atoms with van der Waals surface area (Å²) in [7, 11) is -3.31. The molecule has 0 spiro atoms. The molecule has 2 rings (SSSR count). The maximum absolute atomic E-state index is 12.6. The molecule has 0 atom stereocenters. The standard InChI is InChI=1S/C15H22N2O2S/c1-2-11-17(15-5-3-4-6-15)20(18,19)12-13-7-9-14(16)10-8-13/h2,7-10,15H,1,3-6,11-12,16H2. The first-order valence-corrected chi connectivity index (χ1v) is 8.58. The highest BCUT2D eigenvalue weighted by atomic mass is 32.2. The molecular weight excluding hydrogens is 272 g/mol. The van der Waals surface area contributed by atoms with Crippen molar-refractivity contribution in [2.75, 3.05) is 12.3 Å². The Morgan fingerprint density at radius 3 is 2.40 bits per heavy atom. The van der Waals surface area contributed by atoms with Crippen molar-refractivity contribution in [3.63, 3.8) is 0 Å². The average Bonchev–Trinajstić information content (AvgIpc) is 2.92. The van der Waals surface area contributed by atoms with Gasteiger partial charge in [0.2, 0.25) is 10.0 Å². The van der Waals surface area contributed by atoms with Crippen LogP contribution in [0.2, 0.25) is 0 Å². The Hall–Kier alpha value is -1.33. The van der Waals surface area contributed by atoms with E-state index >= 15 is 0 Å². The number of rotatable bonds is 6. The third kappa shape index (κ3) is 3.61. The van der Waals surface area contributed by atoms with Crippen molar-refractivity contribution in [2.45, 2.75) is 37.5 Å². The van der Waals surface area contributed by atoms with E-state index in [0.29, 0.717) is 12.2 Å². The summed E-state index contributed by atoms with van der Waals surface area (Å²) in [6.45, 7) is 4.07. The van der Waals surface area contributed by atoms with E-state index in [1.165, 1.54) is 0 Å². The molecule has 2 N–H and O–H groups in total. The molecule has 4 nitrogen and oxygen atoms in total. The highest BCUT2D eigenvalue weighted by Gasteiger charge is 2.31. The molecule has 20 heavy (non-hydrogen) atoms. The molecule has 0 heterocycles. The molecule has 1 fully saturated rings. The van der Waals surface area contributed by atoms with Gasteiger partial charge in [0.1, 0.15) is 0 Å². The summed E-state index contributed by atoms with van der Waals surface area (Å²) in [5.41, 5.74) is 7.04. The minimum Gasteiger partial charge on any atom is -0.399 e. The number of hydrogen-bond donors (Lipinski definition) is 1. The fraction of sp³-hybridized carbons (Fsp3) is 0.467. The Kier molecular flexibility index (Phi) is 4.83. The monoisotopic (exact) mass is 294 g/mol. The lowest BCUT2D eigenvalue weighted by Gasteiger charge is -2.27. The van der Waals surface area contributed by atoms with Crippen molar-refractivity contribution < 1.29 is 8.42 Å². The third-order valence-electron chi connectivity index (χ3n) is 3.73. The van der Waals surface area contributed by atoms with E-state index in [-0.39, 0.29) is 11.8 Å². The lowest BCUT2D eigenvalue weighted by atomic mass is 10.2. The minimum absolute atomic E-state index is 0.0254. The summed E-state index contributed by atoms with van der Waals surface area (Å²) >= 11 is 0. The summed E-state index contributed by atoms with van der Waals surface area (Å²) in [4.78, 5) is 0. The summed E-state index contributed by atoms with van der Waals surface area (Å²) in [5.74, 6) is 0.0254.